The van der Waals surface area contributed by atoms with Crippen molar-refractivity contribution in [2.75, 3.05) is 24.3 Å². The topological polar surface area (TPSA) is 39.1 Å². The van der Waals surface area contributed by atoms with Gasteiger partial charge in [0.2, 0.25) is 0 Å². The van der Waals surface area contributed by atoms with E-state index in [-0.39, 0.29) is 6.04 Å². The summed E-state index contributed by atoms with van der Waals surface area (Å²) in [6, 6.07) is 18.4. The fourth-order valence-electron chi connectivity index (χ4n) is 2.08. The molecule has 0 aliphatic heterocycles. The molecule has 1 N–H and O–H groups in total. The van der Waals surface area contributed by atoms with Crippen LogP contribution >= 0.6 is 0 Å². The van der Waals surface area contributed by atoms with Crippen LogP contribution in [0.1, 0.15) is 24.1 Å². The lowest BCUT2D eigenvalue weighted by atomic mass is 10.1. The van der Waals surface area contributed by atoms with Crippen LogP contribution in [-0.4, -0.2) is 14.1 Å². The summed E-state index contributed by atoms with van der Waals surface area (Å²) in [5.41, 5.74) is 3.92. The first kappa shape index (κ1) is 14.0. The number of anilines is 2. The van der Waals surface area contributed by atoms with Crippen molar-refractivity contribution in [3.05, 3.63) is 59.7 Å². The van der Waals surface area contributed by atoms with Crippen LogP contribution in [0.2, 0.25) is 0 Å². The molecule has 0 heterocycles. The van der Waals surface area contributed by atoms with E-state index in [9.17, 15) is 0 Å². The Hall–Kier alpha value is -2.47. The maximum atomic E-state index is 9.10. The average Bonchev–Trinajstić information content (AvgIpc) is 2.48. The Kier molecular flexibility index (Phi) is 4.27. The normalized spacial score (nSPS) is 11.5. The lowest BCUT2D eigenvalue weighted by Crippen LogP contribution is -2.10. The van der Waals surface area contributed by atoms with Crippen molar-refractivity contribution in [2.45, 2.75) is 13.0 Å². The first-order valence-electron chi connectivity index (χ1n) is 6.65. The van der Waals surface area contributed by atoms with Gasteiger partial charge in [-0.1, -0.05) is 24.3 Å². The SMILES string of the molecule is CC(Nc1ccccc1C#N)c1ccc(N(C)C)cc1. The molecule has 0 spiro atoms. The Morgan fingerprint density at radius 3 is 2.30 bits per heavy atom. The first-order chi connectivity index (χ1) is 9.61. The summed E-state index contributed by atoms with van der Waals surface area (Å²) >= 11 is 0. The fourth-order valence-corrected chi connectivity index (χ4v) is 2.08. The summed E-state index contributed by atoms with van der Waals surface area (Å²) in [6.45, 7) is 2.10. The molecule has 0 fully saturated rings. The molecule has 0 aliphatic rings. The third kappa shape index (κ3) is 3.10. The molecule has 102 valence electrons. The molecule has 2 aromatic rings. The molecule has 2 rings (SSSR count). The minimum absolute atomic E-state index is 0.153. The fraction of sp³-hybridized carbons (Fsp3) is 0.235. The summed E-state index contributed by atoms with van der Waals surface area (Å²) < 4.78 is 0. The number of hydrogen-bond donors (Lipinski definition) is 1. The molecular formula is C17H19N3. The molecule has 0 amide bonds. The Bertz CT molecular complexity index is 609. The molecule has 0 radical (unpaired) electrons. The number of benzene rings is 2. The maximum absolute atomic E-state index is 9.10. The van der Waals surface area contributed by atoms with Gasteiger partial charge in [-0.25, -0.2) is 0 Å². The van der Waals surface area contributed by atoms with Crippen molar-refractivity contribution in [2.24, 2.45) is 0 Å². The van der Waals surface area contributed by atoms with Gasteiger partial charge in [0.05, 0.1) is 11.3 Å². The summed E-state index contributed by atoms with van der Waals surface area (Å²) in [4.78, 5) is 2.08. The molecule has 0 aromatic heterocycles. The van der Waals surface area contributed by atoms with Gasteiger partial charge in [-0.3, -0.25) is 0 Å². The molecule has 0 saturated carbocycles. The summed E-state index contributed by atoms with van der Waals surface area (Å²) in [7, 11) is 4.06. The second-order valence-corrected chi connectivity index (χ2v) is 5.01. The smallest absolute Gasteiger partial charge is 0.101 e. The van der Waals surface area contributed by atoms with Gasteiger partial charge in [0.1, 0.15) is 6.07 Å². The molecule has 1 unspecified atom stereocenters. The third-order valence-electron chi connectivity index (χ3n) is 3.33. The highest BCUT2D eigenvalue weighted by atomic mass is 15.1. The molecule has 3 heteroatoms. The van der Waals surface area contributed by atoms with Crippen molar-refractivity contribution < 1.29 is 0 Å². The number of nitrogens with one attached hydrogen (secondary N) is 1. The highest BCUT2D eigenvalue weighted by Crippen LogP contribution is 2.23. The largest absolute Gasteiger partial charge is 0.378 e. The van der Waals surface area contributed by atoms with Gasteiger partial charge in [0.25, 0.3) is 0 Å². The van der Waals surface area contributed by atoms with Gasteiger partial charge >= 0.3 is 0 Å². The molecule has 0 saturated heterocycles. The highest BCUT2D eigenvalue weighted by molar-refractivity contribution is 5.58. The van der Waals surface area contributed by atoms with E-state index < -0.39 is 0 Å². The second kappa shape index (κ2) is 6.12. The Balaban J connectivity index is 2.16. The van der Waals surface area contributed by atoms with Crippen LogP contribution in [0.5, 0.6) is 0 Å². The van der Waals surface area contributed by atoms with Crippen LogP contribution in [0.25, 0.3) is 0 Å². The monoisotopic (exact) mass is 265 g/mol. The van der Waals surface area contributed by atoms with Gasteiger partial charge in [-0.2, -0.15) is 5.26 Å². The molecule has 3 nitrogen and oxygen atoms in total. The lowest BCUT2D eigenvalue weighted by molar-refractivity contribution is 0.883. The van der Waals surface area contributed by atoms with E-state index in [1.54, 1.807) is 0 Å². The predicted octanol–water partition coefficient (Wildman–Crippen LogP) is 3.80. The minimum atomic E-state index is 0.153. The van der Waals surface area contributed by atoms with E-state index in [0.717, 1.165) is 5.69 Å². The molecular weight excluding hydrogens is 246 g/mol. The van der Waals surface area contributed by atoms with Gasteiger partial charge < -0.3 is 10.2 Å². The van der Waals surface area contributed by atoms with E-state index in [4.69, 9.17) is 5.26 Å². The first-order valence-corrected chi connectivity index (χ1v) is 6.65. The highest BCUT2D eigenvalue weighted by Gasteiger charge is 2.08. The van der Waals surface area contributed by atoms with Crippen molar-refractivity contribution in [3.63, 3.8) is 0 Å². The van der Waals surface area contributed by atoms with E-state index in [1.807, 2.05) is 38.4 Å². The Labute approximate surface area is 120 Å². The number of para-hydroxylation sites is 1. The van der Waals surface area contributed by atoms with Gasteiger partial charge in [0, 0.05) is 25.8 Å². The average molecular weight is 265 g/mol. The van der Waals surface area contributed by atoms with Crippen LogP contribution in [0.15, 0.2) is 48.5 Å². The quantitative estimate of drug-likeness (QED) is 0.914. The minimum Gasteiger partial charge on any atom is -0.378 e. The molecule has 1 atom stereocenters. The van der Waals surface area contributed by atoms with E-state index in [1.165, 1.54) is 11.3 Å². The molecule has 0 aliphatic carbocycles. The number of hydrogen-bond acceptors (Lipinski definition) is 3. The third-order valence-corrected chi connectivity index (χ3v) is 3.33. The van der Waals surface area contributed by atoms with Crippen molar-refractivity contribution >= 4 is 11.4 Å². The zero-order valence-electron chi connectivity index (χ0n) is 12.1. The number of nitrogens with zero attached hydrogens (tertiary/aromatic N) is 2. The molecule has 0 bridgehead atoms. The van der Waals surface area contributed by atoms with E-state index in [2.05, 4.69) is 47.5 Å². The summed E-state index contributed by atoms with van der Waals surface area (Å²) in [5.74, 6) is 0. The van der Waals surface area contributed by atoms with Crippen LogP contribution in [0, 0.1) is 11.3 Å². The van der Waals surface area contributed by atoms with E-state index in [0.29, 0.717) is 5.56 Å². The number of nitriles is 1. The van der Waals surface area contributed by atoms with Crippen LogP contribution in [0.4, 0.5) is 11.4 Å². The Morgan fingerprint density at radius 2 is 1.70 bits per heavy atom. The van der Waals surface area contributed by atoms with Crippen molar-refractivity contribution in [3.8, 4) is 6.07 Å². The molecule has 20 heavy (non-hydrogen) atoms. The van der Waals surface area contributed by atoms with E-state index >= 15 is 0 Å². The van der Waals surface area contributed by atoms with Crippen LogP contribution in [0.3, 0.4) is 0 Å². The van der Waals surface area contributed by atoms with Gasteiger partial charge in [-0.15, -0.1) is 0 Å². The molecule has 2 aromatic carbocycles. The van der Waals surface area contributed by atoms with Gasteiger partial charge in [0.15, 0.2) is 0 Å². The predicted molar refractivity (Wildman–Crippen MR) is 84.0 cm³/mol. The summed E-state index contributed by atoms with van der Waals surface area (Å²) in [5, 5.41) is 12.5. The van der Waals surface area contributed by atoms with Gasteiger partial charge in [-0.05, 0) is 36.8 Å². The Morgan fingerprint density at radius 1 is 1.05 bits per heavy atom. The zero-order valence-corrected chi connectivity index (χ0v) is 12.1. The van der Waals surface area contributed by atoms with Crippen molar-refractivity contribution in [1.29, 1.82) is 5.26 Å². The second-order valence-electron chi connectivity index (χ2n) is 5.01. The van der Waals surface area contributed by atoms with Crippen molar-refractivity contribution in [1.82, 2.24) is 0 Å². The van der Waals surface area contributed by atoms with Crippen LogP contribution < -0.4 is 10.2 Å². The summed E-state index contributed by atoms with van der Waals surface area (Å²) in [6.07, 6.45) is 0. The van der Waals surface area contributed by atoms with Crippen LogP contribution in [-0.2, 0) is 0 Å². The lowest BCUT2D eigenvalue weighted by Gasteiger charge is -2.18. The standard InChI is InChI=1S/C17H19N3/c1-13(14-8-10-16(11-9-14)20(2)3)19-17-7-5-4-6-15(17)12-18/h4-11,13,19H,1-3H3. The zero-order chi connectivity index (χ0) is 14.5. The number of rotatable bonds is 4. The maximum Gasteiger partial charge on any atom is 0.101 e.